The van der Waals surface area contributed by atoms with E-state index in [0.717, 1.165) is 4.68 Å². The van der Waals surface area contributed by atoms with Crippen molar-refractivity contribution in [3.8, 4) is 11.6 Å². The van der Waals surface area contributed by atoms with E-state index in [1.807, 2.05) is 0 Å². The molecule has 0 radical (unpaired) electrons. The molecule has 0 spiro atoms. The molecule has 0 aliphatic rings. The fourth-order valence-electron chi connectivity index (χ4n) is 1.07. The summed E-state index contributed by atoms with van der Waals surface area (Å²) in [5.41, 5.74) is -0.413. The van der Waals surface area contributed by atoms with E-state index in [1.165, 1.54) is 19.2 Å². The van der Waals surface area contributed by atoms with Gasteiger partial charge in [0.2, 0.25) is 0 Å². The number of hydrogen-bond acceptors (Lipinski definition) is 5. The number of aromatic amines is 1. The molecule has 15 heavy (non-hydrogen) atoms. The predicted molar refractivity (Wildman–Crippen MR) is 48.2 cm³/mol. The van der Waals surface area contributed by atoms with E-state index in [2.05, 4.69) is 10.1 Å². The third-order valence-electron chi connectivity index (χ3n) is 1.77. The molecule has 8 nitrogen and oxygen atoms in total. The van der Waals surface area contributed by atoms with Gasteiger partial charge in [-0.05, 0) is 6.07 Å². The van der Waals surface area contributed by atoms with Gasteiger partial charge >= 0.3 is 11.6 Å². The molecule has 0 atom stereocenters. The number of aryl methyl sites for hydroxylation is 1. The second-order valence-corrected chi connectivity index (χ2v) is 2.80. The van der Waals surface area contributed by atoms with Crippen LogP contribution in [0.15, 0.2) is 21.3 Å². The lowest BCUT2D eigenvalue weighted by Gasteiger charge is -1.86. The standard InChI is InChI=1S/C7H6N4O4/c1-10-7(12)8-6(9-10)4-2-3-5(15-4)11(13)14/h2-3H,1H3,(H,8,9,12). The molecular weight excluding hydrogens is 204 g/mol. The fraction of sp³-hybridized carbons (Fsp3) is 0.143. The molecule has 0 saturated carbocycles. The summed E-state index contributed by atoms with van der Waals surface area (Å²) in [5.74, 6) is -0.0773. The Morgan fingerprint density at radius 2 is 2.33 bits per heavy atom. The monoisotopic (exact) mass is 210 g/mol. The van der Waals surface area contributed by atoms with Crippen LogP contribution in [0, 0.1) is 10.1 Å². The molecular formula is C7H6N4O4. The zero-order valence-electron chi connectivity index (χ0n) is 7.63. The van der Waals surface area contributed by atoms with Gasteiger partial charge in [0, 0.05) is 7.05 Å². The van der Waals surface area contributed by atoms with E-state index in [1.54, 1.807) is 0 Å². The molecule has 0 aliphatic carbocycles. The van der Waals surface area contributed by atoms with Crippen LogP contribution in [0.5, 0.6) is 0 Å². The Labute approximate surface area is 82.3 Å². The molecule has 0 saturated heterocycles. The van der Waals surface area contributed by atoms with Crippen LogP contribution in [-0.4, -0.2) is 19.7 Å². The second kappa shape index (κ2) is 3.08. The smallest absolute Gasteiger partial charge is 0.397 e. The lowest BCUT2D eigenvalue weighted by molar-refractivity contribution is -0.401. The zero-order valence-corrected chi connectivity index (χ0v) is 7.63. The minimum atomic E-state index is -0.662. The van der Waals surface area contributed by atoms with Gasteiger partial charge in [-0.15, -0.1) is 5.10 Å². The molecule has 0 bridgehead atoms. The van der Waals surface area contributed by atoms with Crippen molar-refractivity contribution in [3.63, 3.8) is 0 Å². The number of aromatic nitrogens is 3. The summed E-state index contributed by atoms with van der Waals surface area (Å²) in [6.45, 7) is 0. The number of nitrogens with zero attached hydrogens (tertiary/aromatic N) is 3. The quantitative estimate of drug-likeness (QED) is 0.565. The van der Waals surface area contributed by atoms with Gasteiger partial charge in [0.15, 0.2) is 11.6 Å². The third kappa shape index (κ3) is 1.52. The number of furan rings is 1. The van der Waals surface area contributed by atoms with Crippen molar-refractivity contribution >= 4 is 5.88 Å². The van der Waals surface area contributed by atoms with Crippen LogP contribution in [0.1, 0.15) is 0 Å². The van der Waals surface area contributed by atoms with Gasteiger partial charge in [-0.2, -0.15) is 0 Å². The zero-order chi connectivity index (χ0) is 11.0. The lowest BCUT2D eigenvalue weighted by Crippen LogP contribution is -2.13. The highest BCUT2D eigenvalue weighted by Crippen LogP contribution is 2.22. The summed E-state index contributed by atoms with van der Waals surface area (Å²) < 4.78 is 5.93. The average Bonchev–Trinajstić information content (AvgIpc) is 2.74. The highest BCUT2D eigenvalue weighted by Gasteiger charge is 2.15. The Balaban J connectivity index is 2.45. The average molecular weight is 210 g/mol. The molecule has 78 valence electrons. The molecule has 2 aromatic heterocycles. The maximum atomic E-state index is 11.0. The van der Waals surface area contributed by atoms with E-state index >= 15 is 0 Å². The van der Waals surface area contributed by atoms with Crippen LogP contribution in [0.25, 0.3) is 11.6 Å². The molecule has 0 aliphatic heterocycles. The fourth-order valence-corrected chi connectivity index (χ4v) is 1.07. The Morgan fingerprint density at radius 3 is 2.80 bits per heavy atom. The SMILES string of the molecule is Cn1nc(-c2ccc([N+](=O)[O-])o2)[nH]c1=O. The number of nitro groups is 1. The molecule has 0 amide bonds. The first-order chi connectivity index (χ1) is 7.08. The molecule has 2 aromatic rings. The first-order valence-electron chi connectivity index (χ1n) is 3.96. The Bertz CT molecular complexity index is 564. The highest BCUT2D eigenvalue weighted by molar-refractivity contribution is 5.47. The number of hydrogen-bond donors (Lipinski definition) is 1. The number of rotatable bonds is 2. The summed E-state index contributed by atoms with van der Waals surface area (Å²) in [6, 6.07) is 2.57. The summed E-state index contributed by atoms with van der Waals surface area (Å²) in [7, 11) is 1.46. The van der Waals surface area contributed by atoms with Gasteiger partial charge in [-0.1, -0.05) is 0 Å². The number of H-pyrrole nitrogens is 1. The predicted octanol–water partition coefficient (Wildman–Crippen LogP) is 0.277. The highest BCUT2D eigenvalue weighted by atomic mass is 16.6. The molecule has 0 unspecified atom stereocenters. The molecule has 2 rings (SSSR count). The Morgan fingerprint density at radius 1 is 1.60 bits per heavy atom. The second-order valence-electron chi connectivity index (χ2n) is 2.80. The van der Waals surface area contributed by atoms with Gasteiger partial charge in [-0.25, -0.2) is 9.48 Å². The minimum Gasteiger partial charge on any atom is -0.397 e. The van der Waals surface area contributed by atoms with Crippen molar-refractivity contribution < 1.29 is 9.34 Å². The normalized spacial score (nSPS) is 10.5. The van der Waals surface area contributed by atoms with Crippen LogP contribution in [0.4, 0.5) is 5.88 Å². The van der Waals surface area contributed by atoms with Gasteiger partial charge in [0.05, 0.1) is 6.07 Å². The Kier molecular flexibility index (Phi) is 1.89. The van der Waals surface area contributed by atoms with E-state index in [9.17, 15) is 14.9 Å². The van der Waals surface area contributed by atoms with Crippen molar-refractivity contribution in [2.24, 2.45) is 7.05 Å². The van der Waals surface area contributed by atoms with Crippen LogP contribution in [-0.2, 0) is 7.05 Å². The van der Waals surface area contributed by atoms with Crippen molar-refractivity contribution in [1.29, 1.82) is 0 Å². The lowest BCUT2D eigenvalue weighted by atomic mass is 10.4. The van der Waals surface area contributed by atoms with Crippen molar-refractivity contribution in [2.75, 3.05) is 0 Å². The first-order valence-corrected chi connectivity index (χ1v) is 3.96. The van der Waals surface area contributed by atoms with E-state index in [-0.39, 0.29) is 11.6 Å². The largest absolute Gasteiger partial charge is 0.433 e. The van der Waals surface area contributed by atoms with Crippen LogP contribution >= 0.6 is 0 Å². The first kappa shape index (κ1) is 9.19. The van der Waals surface area contributed by atoms with Gasteiger partial charge < -0.3 is 4.42 Å². The van der Waals surface area contributed by atoms with E-state index in [4.69, 9.17) is 4.42 Å². The summed E-state index contributed by atoms with van der Waals surface area (Å²) in [5, 5.41) is 14.1. The van der Waals surface area contributed by atoms with Gasteiger partial charge in [0.25, 0.3) is 0 Å². The molecule has 0 fully saturated rings. The van der Waals surface area contributed by atoms with Crippen molar-refractivity contribution in [3.05, 3.63) is 32.7 Å². The molecule has 8 heteroatoms. The molecule has 0 aromatic carbocycles. The summed E-state index contributed by atoms with van der Waals surface area (Å²) in [6.07, 6.45) is 0. The topological polar surface area (TPSA) is 107 Å². The summed E-state index contributed by atoms with van der Waals surface area (Å²) in [4.78, 5) is 23.1. The van der Waals surface area contributed by atoms with Gasteiger partial charge in [0.1, 0.15) is 4.92 Å². The number of nitrogens with one attached hydrogen (secondary N) is 1. The van der Waals surface area contributed by atoms with Gasteiger partial charge in [-0.3, -0.25) is 15.1 Å². The van der Waals surface area contributed by atoms with Crippen molar-refractivity contribution in [2.45, 2.75) is 0 Å². The van der Waals surface area contributed by atoms with E-state index in [0.29, 0.717) is 0 Å². The van der Waals surface area contributed by atoms with Crippen LogP contribution in [0.2, 0.25) is 0 Å². The molecule has 1 N–H and O–H groups in total. The molecule has 2 heterocycles. The maximum Gasteiger partial charge on any atom is 0.433 e. The maximum absolute atomic E-state index is 11.0. The Hall–Kier alpha value is -2.38. The van der Waals surface area contributed by atoms with Crippen LogP contribution in [0.3, 0.4) is 0 Å². The van der Waals surface area contributed by atoms with E-state index < -0.39 is 16.5 Å². The van der Waals surface area contributed by atoms with Crippen LogP contribution < -0.4 is 5.69 Å². The van der Waals surface area contributed by atoms with Crippen molar-refractivity contribution in [1.82, 2.24) is 14.8 Å². The third-order valence-corrected chi connectivity index (χ3v) is 1.77. The summed E-state index contributed by atoms with van der Waals surface area (Å²) >= 11 is 0. The minimum absolute atomic E-state index is 0.152.